The Labute approximate surface area is 80.2 Å². The number of rotatable bonds is 2. The molecule has 0 saturated heterocycles. The molecule has 1 aromatic heterocycles. The van der Waals surface area contributed by atoms with E-state index in [-0.39, 0.29) is 12.4 Å². The highest BCUT2D eigenvalue weighted by atomic mass is 19.1. The minimum atomic E-state index is -0.295. The standard InChI is InChI=1S/C10H9FN2O/c11-8-1-2-9-7(5-8)6-12-10(13-9)3-4-14/h1-2,5-6,14H,3-4H2. The molecule has 0 aliphatic heterocycles. The van der Waals surface area contributed by atoms with Crippen molar-refractivity contribution >= 4 is 10.9 Å². The predicted molar refractivity (Wildman–Crippen MR) is 50.3 cm³/mol. The fourth-order valence-electron chi connectivity index (χ4n) is 1.26. The predicted octanol–water partition coefficient (Wildman–Crippen LogP) is 1.30. The van der Waals surface area contributed by atoms with Crippen molar-refractivity contribution in [1.82, 2.24) is 9.97 Å². The van der Waals surface area contributed by atoms with Gasteiger partial charge in [0.1, 0.15) is 11.6 Å². The minimum absolute atomic E-state index is 0.0205. The lowest BCUT2D eigenvalue weighted by molar-refractivity contribution is 0.297. The summed E-state index contributed by atoms with van der Waals surface area (Å²) in [7, 11) is 0. The van der Waals surface area contributed by atoms with Gasteiger partial charge in [-0.3, -0.25) is 0 Å². The van der Waals surface area contributed by atoms with Gasteiger partial charge in [-0.05, 0) is 18.2 Å². The van der Waals surface area contributed by atoms with E-state index in [0.29, 0.717) is 23.1 Å². The van der Waals surface area contributed by atoms with Gasteiger partial charge in [-0.15, -0.1) is 0 Å². The fraction of sp³-hybridized carbons (Fsp3) is 0.200. The van der Waals surface area contributed by atoms with Crippen molar-refractivity contribution in [2.45, 2.75) is 6.42 Å². The number of hydrogen-bond acceptors (Lipinski definition) is 3. The van der Waals surface area contributed by atoms with Gasteiger partial charge in [-0.1, -0.05) is 0 Å². The van der Waals surface area contributed by atoms with Crippen LogP contribution in [-0.2, 0) is 6.42 Å². The molecule has 0 fully saturated rings. The summed E-state index contributed by atoms with van der Waals surface area (Å²) in [6.45, 7) is 0.0205. The Hall–Kier alpha value is -1.55. The number of aromatic nitrogens is 2. The molecule has 1 heterocycles. The Bertz CT molecular complexity index is 459. The van der Waals surface area contributed by atoms with Gasteiger partial charge in [0.2, 0.25) is 0 Å². The third kappa shape index (κ3) is 1.70. The molecule has 0 aliphatic carbocycles. The molecule has 0 bridgehead atoms. The van der Waals surface area contributed by atoms with Crippen LogP contribution in [0.2, 0.25) is 0 Å². The van der Waals surface area contributed by atoms with Gasteiger partial charge in [0.25, 0.3) is 0 Å². The van der Waals surface area contributed by atoms with Crippen LogP contribution in [0.3, 0.4) is 0 Å². The molecule has 0 atom stereocenters. The van der Waals surface area contributed by atoms with Crippen LogP contribution in [-0.4, -0.2) is 21.7 Å². The zero-order chi connectivity index (χ0) is 9.97. The summed E-state index contributed by atoms with van der Waals surface area (Å²) in [6.07, 6.45) is 1.99. The average Bonchev–Trinajstić information content (AvgIpc) is 2.19. The van der Waals surface area contributed by atoms with E-state index in [1.54, 1.807) is 12.3 Å². The quantitative estimate of drug-likeness (QED) is 0.780. The van der Waals surface area contributed by atoms with E-state index in [4.69, 9.17) is 5.11 Å². The molecule has 3 nitrogen and oxygen atoms in total. The highest BCUT2D eigenvalue weighted by Gasteiger charge is 2.00. The Balaban J connectivity index is 2.50. The monoisotopic (exact) mass is 192 g/mol. The van der Waals surface area contributed by atoms with Gasteiger partial charge in [-0.2, -0.15) is 0 Å². The molecule has 4 heteroatoms. The second kappa shape index (κ2) is 3.67. The van der Waals surface area contributed by atoms with Gasteiger partial charge < -0.3 is 5.11 Å². The molecule has 0 aliphatic rings. The third-order valence-corrected chi connectivity index (χ3v) is 1.93. The van der Waals surface area contributed by atoms with Crippen molar-refractivity contribution in [2.24, 2.45) is 0 Å². The normalized spacial score (nSPS) is 10.7. The summed E-state index contributed by atoms with van der Waals surface area (Å²) in [5.41, 5.74) is 0.699. The molecule has 2 rings (SSSR count). The van der Waals surface area contributed by atoms with Crippen LogP contribution in [0, 0.1) is 5.82 Å². The Morgan fingerprint density at radius 2 is 2.21 bits per heavy atom. The van der Waals surface area contributed by atoms with E-state index in [1.165, 1.54) is 12.1 Å². The molecule has 14 heavy (non-hydrogen) atoms. The molecular weight excluding hydrogens is 183 g/mol. The first-order valence-electron chi connectivity index (χ1n) is 4.31. The van der Waals surface area contributed by atoms with Crippen LogP contribution in [0.5, 0.6) is 0 Å². The molecule has 0 unspecified atom stereocenters. The summed E-state index contributed by atoms with van der Waals surface area (Å²) >= 11 is 0. The lowest BCUT2D eigenvalue weighted by Gasteiger charge is -1.99. The summed E-state index contributed by atoms with van der Waals surface area (Å²) < 4.78 is 12.8. The second-order valence-corrected chi connectivity index (χ2v) is 2.96. The summed E-state index contributed by atoms with van der Waals surface area (Å²) in [4.78, 5) is 8.17. The Kier molecular flexibility index (Phi) is 2.37. The second-order valence-electron chi connectivity index (χ2n) is 2.96. The number of aliphatic hydroxyl groups is 1. The lowest BCUT2D eigenvalue weighted by Crippen LogP contribution is -1.98. The zero-order valence-corrected chi connectivity index (χ0v) is 7.44. The van der Waals surface area contributed by atoms with E-state index in [0.717, 1.165) is 0 Å². The first-order chi connectivity index (χ1) is 6.79. The Morgan fingerprint density at radius 1 is 1.36 bits per heavy atom. The summed E-state index contributed by atoms with van der Waals surface area (Å²) in [5.74, 6) is 0.280. The topological polar surface area (TPSA) is 46.0 Å². The zero-order valence-electron chi connectivity index (χ0n) is 7.44. The lowest BCUT2D eigenvalue weighted by atomic mass is 10.2. The molecule has 0 radical (unpaired) electrons. The number of nitrogens with zero attached hydrogens (tertiary/aromatic N) is 2. The van der Waals surface area contributed by atoms with Crippen molar-refractivity contribution in [3.05, 3.63) is 36.0 Å². The van der Waals surface area contributed by atoms with E-state index in [9.17, 15) is 4.39 Å². The van der Waals surface area contributed by atoms with Gasteiger partial charge in [0, 0.05) is 18.0 Å². The van der Waals surface area contributed by atoms with Gasteiger partial charge in [0.05, 0.1) is 12.1 Å². The maximum atomic E-state index is 12.8. The van der Waals surface area contributed by atoms with Gasteiger partial charge in [0.15, 0.2) is 0 Å². The fourth-order valence-corrected chi connectivity index (χ4v) is 1.26. The maximum Gasteiger partial charge on any atom is 0.131 e. The number of hydrogen-bond donors (Lipinski definition) is 1. The van der Waals surface area contributed by atoms with Gasteiger partial charge in [-0.25, -0.2) is 14.4 Å². The summed E-state index contributed by atoms with van der Waals surface area (Å²) in [6, 6.07) is 4.35. The highest BCUT2D eigenvalue weighted by molar-refractivity contribution is 5.77. The number of benzene rings is 1. The molecule has 1 N–H and O–H groups in total. The minimum Gasteiger partial charge on any atom is -0.396 e. The smallest absolute Gasteiger partial charge is 0.131 e. The molecule has 1 aromatic carbocycles. The van der Waals surface area contributed by atoms with Crippen LogP contribution < -0.4 is 0 Å². The largest absolute Gasteiger partial charge is 0.396 e. The maximum absolute atomic E-state index is 12.8. The molecule has 72 valence electrons. The number of fused-ring (bicyclic) bond motifs is 1. The van der Waals surface area contributed by atoms with E-state index >= 15 is 0 Å². The Morgan fingerprint density at radius 3 is 3.00 bits per heavy atom. The highest BCUT2D eigenvalue weighted by Crippen LogP contribution is 2.12. The van der Waals surface area contributed by atoms with Crippen LogP contribution in [0.1, 0.15) is 5.82 Å². The van der Waals surface area contributed by atoms with Crippen LogP contribution in [0.25, 0.3) is 10.9 Å². The van der Waals surface area contributed by atoms with Crippen LogP contribution >= 0.6 is 0 Å². The van der Waals surface area contributed by atoms with Crippen molar-refractivity contribution in [2.75, 3.05) is 6.61 Å². The van der Waals surface area contributed by atoms with E-state index in [2.05, 4.69) is 9.97 Å². The van der Waals surface area contributed by atoms with Gasteiger partial charge >= 0.3 is 0 Å². The SMILES string of the molecule is OCCc1ncc2cc(F)ccc2n1. The summed E-state index contributed by atoms with van der Waals surface area (Å²) in [5, 5.41) is 9.37. The van der Waals surface area contributed by atoms with Crippen LogP contribution in [0.15, 0.2) is 24.4 Å². The molecular formula is C10H9FN2O. The molecule has 0 amide bonds. The van der Waals surface area contributed by atoms with Crippen molar-refractivity contribution in [3.63, 3.8) is 0 Å². The first kappa shape index (κ1) is 9.02. The third-order valence-electron chi connectivity index (χ3n) is 1.93. The van der Waals surface area contributed by atoms with Crippen molar-refractivity contribution in [3.8, 4) is 0 Å². The van der Waals surface area contributed by atoms with Crippen molar-refractivity contribution in [1.29, 1.82) is 0 Å². The van der Waals surface area contributed by atoms with Crippen LogP contribution in [0.4, 0.5) is 4.39 Å². The van der Waals surface area contributed by atoms with E-state index < -0.39 is 0 Å². The average molecular weight is 192 g/mol. The molecule has 2 aromatic rings. The molecule has 0 spiro atoms. The number of aliphatic hydroxyl groups excluding tert-OH is 1. The number of halogens is 1. The van der Waals surface area contributed by atoms with Crippen molar-refractivity contribution < 1.29 is 9.50 Å². The molecule has 0 saturated carbocycles. The first-order valence-corrected chi connectivity index (χ1v) is 4.31. The van der Waals surface area contributed by atoms with E-state index in [1.807, 2.05) is 0 Å².